The average molecular weight is 320 g/mol. The van der Waals surface area contributed by atoms with Gasteiger partial charge in [0.2, 0.25) is 0 Å². The Morgan fingerprint density at radius 2 is 1.25 bits per heavy atom. The van der Waals surface area contributed by atoms with Crippen molar-refractivity contribution in [1.82, 2.24) is 0 Å². The standard InChI is InChI=1S/C9H3Cl5O2/c10-5-3(1-2-4(15)16)6(11)8(13)9(14)7(5)12/h1-2H,(H,15,16). The minimum Gasteiger partial charge on any atom is -0.478 e. The van der Waals surface area contributed by atoms with E-state index in [-0.39, 0.29) is 30.7 Å². The van der Waals surface area contributed by atoms with Crippen molar-refractivity contribution >= 4 is 70.1 Å². The van der Waals surface area contributed by atoms with Gasteiger partial charge >= 0.3 is 5.97 Å². The third-order valence-corrected chi connectivity index (χ3v) is 3.94. The molecule has 0 heterocycles. The SMILES string of the molecule is O=C(O)C=Cc1c(Cl)c(Cl)c(Cl)c(Cl)c1Cl. The number of carbonyl (C=O) groups is 1. The molecule has 0 unspecified atom stereocenters. The van der Waals surface area contributed by atoms with E-state index >= 15 is 0 Å². The fourth-order valence-corrected chi connectivity index (χ4v) is 2.20. The highest BCUT2D eigenvalue weighted by Gasteiger charge is 2.17. The fourth-order valence-electron chi connectivity index (χ4n) is 0.923. The molecule has 1 aromatic rings. The molecule has 0 aliphatic carbocycles. The third kappa shape index (κ3) is 2.76. The monoisotopic (exact) mass is 318 g/mol. The number of hydrogen-bond acceptors (Lipinski definition) is 1. The Balaban J connectivity index is 3.45. The molecule has 0 aliphatic rings. The maximum Gasteiger partial charge on any atom is 0.328 e. The Morgan fingerprint density at radius 1 is 0.875 bits per heavy atom. The van der Waals surface area contributed by atoms with Crippen LogP contribution in [0.3, 0.4) is 0 Å². The summed E-state index contributed by atoms with van der Waals surface area (Å²) in [7, 11) is 0. The van der Waals surface area contributed by atoms with Gasteiger partial charge in [0.05, 0.1) is 25.1 Å². The molecule has 1 N–H and O–H groups in total. The molecule has 0 amide bonds. The predicted octanol–water partition coefficient (Wildman–Crippen LogP) is 5.05. The van der Waals surface area contributed by atoms with Gasteiger partial charge in [0, 0.05) is 11.6 Å². The lowest BCUT2D eigenvalue weighted by Crippen LogP contribution is -1.88. The van der Waals surface area contributed by atoms with Crippen molar-refractivity contribution in [1.29, 1.82) is 0 Å². The maximum atomic E-state index is 10.4. The Bertz CT molecular complexity index is 452. The summed E-state index contributed by atoms with van der Waals surface area (Å²) in [6.45, 7) is 0. The van der Waals surface area contributed by atoms with Crippen molar-refractivity contribution in [2.24, 2.45) is 0 Å². The third-order valence-electron chi connectivity index (χ3n) is 1.64. The van der Waals surface area contributed by atoms with Gasteiger partial charge in [-0.3, -0.25) is 0 Å². The number of aliphatic carboxylic acids is 1. The molecule has 0 bridgehead atoms. The predicted molar refractivity (Wildman–Crippen MR) is 68.2 cm³/mol. The molecule has 0 aromatic heterocycles. The zero-order valence-electron chi connectivity index (χ0n) is 7.40. The summed E-state index contributed by atoms with van der Waals surface area (Å²) in [5.74, 6) is -1.14. The second kappa shape index (κ2) is 5.48. The van der Waals surface area contributed by atoms with Gasteiger partial charge in [0.25, 0.3) is 0 Å². The van der Waals surface area contributed by atoms with E-state index in [2.05, 4.69) is 0 Å². The quantitative estimate of drug-likeness (QED) is 0.470. The van der Waals surface area contributed by atoms with Crippen LogP contribution < -0.4 is 0 Å². The number of halogens is 5. The van der Waals surface area contributed by atoms with Crippen molar-refractivity contribution in [3.05, 3.63) is 36.8 Å². The fraction of sp³-hybridized carbons (Fsp3) is 0. The number of hydrogen-bond donors (Lipinski definition) is 1. The first kappa shape index (κ1) is 13.9. The van der Waals surface area contributed by atoms with Crippen LogP contribution in [0, 0.1) is 0 Å². The second-order valence-corrected chi connectivity index (χ2v) is 4.54. The zero-order valence-corrected chi connectivity index (χ0v) is 11.2. The summed E-state index contributed by atoms with van der Waals surface area (Å²) < 4.78 is 0. The molecule has 16 heavy (non-hydrogen) atoms. The summed E-state index contributed by atoms with van der Waals surface area (Å²) in [6, 6.07) is 0. The van der Waals surface area contributed by atoms with Gasteiger partial charge in [-0.15, -0.1) is 0 Å². The topological polar surface area (TPSA) is 37.3 Å². The smallest absolute Gasteiger partial charge is 0.328 e. The summed E-state index contributed by atoms with van der Waals surface area (Å²) in [4.78, 5) is 10.4. The number of carboxylic acid groups (broad SMARTS) is 1. The Kier molecular flexibility index (Phi) is 4.77. The van der Waals surface area contributed by atoms with Crippen LogP contribution in [0.1, 0.15) is 5.56 Å². The first-order chi connectivity index (χ1) is 7.36. The first-order valence-electron chi connectivity index (χ1n) is 3.78. The Labute approximate surface area is 116 Å². The lowest BCUT2D eigenvalue weighted by Gasteiger charge is -2.08. The normalized spacial score (nSPS) is 11.1. The van der Waals surface area contributed by atoms with Crippen molar-refractivity contribution in [3.63, 3.8) is 0 Å². The van der Waals surface area contributed by atoms with Crippen LogP contribution in [0.2, 0.25) is 25.1 Å². The van der Waals surface area contributed by atoms with E-state index < -0.39 is 5.97 Å². The summed E-state index contributed by atoms with van der Waals surface area (Å²) in [5.41, 5.74) is 0.213. The van der Waals surface area contributed by atoms with Crippen LogP contribution >= 0.6 is 58.0 Å². The van der Waals surface area contributed by atoms with Crippen LogP contribution in [0.5, 0.6) is 0 Å². The average Bonchev–Trinajstić information content (AvgIpc) is 2.23. The van der Waals surface area contributed by atoms with Crippen molar-refractivity contribution in [3.8, 4) is 0 Å². The van der Waals surface area contributed by atoms with E-state index in [0.717, 1.165) is 6.08 Å². The Hall–Kier alpha value is -0.120. The molecule has 0 atom stereocenters. The van der Waals surface area contributed by atoms with Gasteiger partial charge in [0.15, 0.2) is 0 Å². The van der Waals surface area contributed by atoms with Gasteiger partial charge in [0.1, 0.15) is 0 Å². The largest absolute Gasteiger partial charge is 0.478 e. The molecule has 2 nitrogen and oxygen atoms in total. The number of rotatable bonds is 2. The molecule has 0 saturated carbocycles. The lowest BCUT2D eigenvalue weighted by atomic mass is 10.2. The van der Waals surface area contributed by atoms with E-state index in [0.29, 0.717) is 0 Å². The highest BCUT2D eigenvalue weighted by Crippen LogP contribution is 2.44. The van der Waals surface area contributed by atoms with Crippen LogP contribution in [-0.4, -0.2) is 11.1 Å². The molecular weight excluding hydrogens is 317 g/mol. The molecule has 0 aliphatic heterocycles. The minimum absolute atomic E-state index is 0.0303. The number of carboxylic acids is 1. The molecule has 86 valence electrons. The van der Waals surface area contributed by atoms with Crippen LogP contribution in [0.15, 0.2) is 6.08 Å². The highest BCUT2D eigenvalue weighted by atomic mass is 35.5. The zero-order chi connectivity index (χ0) is 12.5. The molecule has 1 rings (SSSR count). The minimum atomic E-state index is -1.14. The molecule has 0 fully saturated rings. The van der Waals surface area contributed by atoms with E-state index in [1.807, 2.05) is 0 Å². The highest BCUT2D eigenvalue weighted by molar-refractivity contribution is 6.55. The van der Waals surface area contributed by atoms with Crippen LogP contribution in [-0.2, 0) is 4.79 Å². The van der Waals surface area contributed by atoms with E-state index in [1.54, 1.807) is 0 Å². The summed E-state index contributed by atoms with van der Waals surface area (Å²) in [5, 5.41) is 8.69. The van der Waals surface area contributed by atoms with Crippen molar-refractivity contribution < 1.29 is 9.90 Å². The van der Waals surface area contributed by atoms with Gasteiger partial charge in [-0.05, 0) is 6.08 Å². The van der Waals surface area contributed by atoms with E-state index in [9.17, 15) is 4.79 Å². The van der Waals surface area contributed by atoms with Crippen molar-refractivity contribution in [2.45, 2.75) is 0 Å². The molecule has 0 saturated heterocycles. The summed E-state index contributed by atoms with van der Waals surface area (Å²) in [6.07, 6.45) is 2.06. The lowest BCUT2D eigenvalue weighted by molar-refractivity contribution is -0.131. The van der Waals surface area contributed by atoms with Gasteiger partial charge in [-0.25, -0.2) is 4.79 Å². The van der Waals surface area contributed by atoms with E-state index in [4.69, 9.17) is 63.1 Å². The van der Waals surface area contributed by atoms with Crippen LogP contribution in [0.4, 0.5) is 0 Å². The second-order valence-electron chi connectivity index (χ2n) is 2.66. The van der Waals surface area contributed by atoms with Gasteiger partial charge in [-0.2, -0.15) is 0 Å². The molecule has 7 heteroatoms. The maximum absolute atomic E-state index is 10.4. The molecule has 1 aromatic carbocycles. The molecule has 0 radical (unpaired) electrons. The number of benzene rings is 1. The molecule has 0 spiro atoms. The van der Waals surface area contributed by atoms with Crippen molar-refractivity contribution in [2.75, 3.05) is 0 Å². The van der Waals surface area contributed by atoms with Gasteiger partial charge in [-0.1, -0.05) is 58.0 Å². The summed E-state index contributed by atoms with van der Waals surface area (Å²) >= 11 is 29.0. The molecular formula is C9H3Cl5O2. The van der Waals surface area contributed by atoms with E-state index in [1.165, 1.54) is 6.08 Å². The Morgan fingerprint density at radius 3 is 1.62 bits per heavy atom. The van der Waals surface area contributed by atoms with Gasteiger partial charge < -0.3 is 5.11 Å². The van der Waals surface area contributed by atoms with Crippen LogP contribution in [0.25, 0.3) is 6.08 Å². The first-order valence-corrected chi connectivity index (χ1v) is 5.67.